The van der Waals surface area contributed by atoms with Gasteiger partial charge in [-0.05, 0) is 74.1 Å². The number of hydrogen-bond donors (Lipinski definition) is 1. The number of anilines is 1. The zero-order chi connectivity index (χ0) is 14.8. The van der Waals surface area contributed by atoms with Gasteiger partial charge in [-0.2, -0.15) is 0 Å². The van der Waals surface area contributed by atoms with E-state index in [-0.39, 0.29) is 11.9 Å². The summed E-state index contributed by atoms with van der Waals surface area (Å²) >= 11 is 0. The van der Waals surface area contributed by atoms with Crippen molar-refractivity contribution in [1.82, 2.24) is 0 Å². The summed E-state index contributed by atoms with van der Waals surface area (Å²) in [6, 6.07) is 5.38. The Morgan fingerprint density at radius 3 is 2.33 bits per heavy atom. The summed E-state index contributed by atoms with van der Waals surface area (Å²) in [6.07, 6.45) is 7.12. The number of nitrogens with two attached hydrogens (primary N) is 1. The van der Waals surface area contributed by atoms with Crippen molar-refractivity contribution in [2.75, 3.05) is 18.0 Å². The lowest BCUT2D eigenvalue weighted by Gasteiger charge is -2.28. The molecule has 1 atom stereocenters. The number of nitrogens with zero attached hydrogens (tertiary/aromatic N) is 1. The second kappa shape index (κ2) is 6.35. The van der Waals surface area contributed by atoms with Gasteiger partial charge in [0.15, 0.2) is 0 Å². The molecule has 0 saturated heterocycles. The molecule has 2 aliphatic rings. The third-order valence-electron chi connectivity index (χ3n) is 4.74. The molecule has 0 radical (unpaired) electrons. The van der Waals surface area contributed by atoms with E-state index in [9.17, 15) is 4.39 Å². The highest BCUT2D eigenvalue weighted by atomic mass is 19.1. The lowest BCUT2D eigenvalue weighted by atomic mass is 10.0. The van der Waals surface area contributed by atoms with Gasteiger partial charge < -0.3 is 10.6 Å². The molecule has 21 heavy (non-hydrogen) atoms. The molecule has 0 heterocycles. The van der Waals surface area contributed by atoms with Crippen molar-refractivity contribution in [3.8, 4) is 0 Å². The Labute approximate surface area is 127 Å². The second-order valence-electron chi connectivity index (χ2n) is 6.94. The minimum absolute atomic E-state index is 0.120. The van der Waals surface area contributed by atoms with Crippen LogP contribution in [0.2, 0.25) is 0 Å². The summed E-state index contributed by atoms with van der Waals surface area (Å²) in [7, 11) is 0. The summed E-state index contributed by atoms with van der Waals surface area (Å²) in [6.45, 7) is 4.36. The molecule has 0 aromatic heterocycles. The van der Waals surface area contributed by atoms with Crippen molar-refractivity contribution in [2.45, 2.75) is 51.5 Å². The van der Waals surface area contributed by atoms with E-state index >= 15 is 0 Å². The van der Waals surface area contributed by atoms with Crippen molar-refractivity contribution in [3.05, 3.63) is 29.6 Å². The highest BCUT2D eigenvalue weighted by Crippen LogP contribution is 2.37. The van der Waals surface area contributed by atoms with Gasteiger partial charge in [-0.25, -0.2) is 4.39 Å². The maximum Gasteiger partial charge on any atom is 0.123 e. The van der Waals surface area contributed by atoms with E-state index in [0.29, 0.717) is 0 Å². The Balaban J connectivity index is 1.81. The van der Waals surface area contributed by atoms with Gasteiger partial charge in [0.25, 0.3) is 0 Å². The first-order valence-electron chi connectivity index (χ1n) is 8.44. The number of benzene rings is 1. The molecule has 3 rings (SSSR count). The van der Waals surface area contributed by atoms with E-state index in [1.165, 1.54) is 31.4 Å². The highest BCUT2D eigenvalue weighted by molar-refractivity contribution is 5.54. The summed E-state index contributed by atoms with van der Waals surface area (Å²) in [5.41, 5.74) is 8.42. The molecule has 3 heteroatoms. The van der Waals surface area contributed by atoms with E-state index in [1.807, 2.05) is 6.07 Å². The number of rotatable bonds is 8. The van der Waals surface area contributed by atoms with E-state index < -0.39 is 0 Å². The van der Waals surface area contributed by atoms with E-state index in [4.69, 9.17) is 5.73 Å². The highest BCUT2D eigenvalue weighted by Gasteiger charge is 2.30. The van der Waals surface area contributed by atoms with Crippen molar-refractivity contribution in [1.29, 1.82) is 0 Å². The first-order chi connectivity index (χ1) is 10.2. The van der Waals surface area contributed by atoms with Crippen LogP contribution in [0.4, 0.5) is 10.1 Å². The minimum Gasteiger partial charge on any atom is -0.371 e. The Kier molecular flexibility index (Phi) is 4.48. The van der Waals surface area contributed by atoms with Crippen LogP contribution in [0.15, 0.2) is 18.2 Å². The maximum absolute atomic E-state index is 13.7. The average Bonchev–Trinajstić information content (AvgIpc) is 3.34. The van der Waals surface area contributed by atoms with Crippen molar-refractivity contribution < 1.29 is 4.39 Å². The third kappa shape index (κ3) is 4.19. The van der Waals surface area contributed by atoms with Crippen LogP contribution in [0.25, 0.3) is 0 Å². The van der Waals surface area contributed by atoms with Crippen LogP contribution in [-0.2, 0) is 6.42 Å². The van der Waals surface area contributed by atoms with Gasteiger partial charge >= 0.3 is 0 Å². The standard InChI is InChI=1S/C18H27FN2/c1-2-17(20)10-15-9-16(19)7-8-18(15)21(11-13-3-4-13)12-14-5-6-14/h7-9,13-14,17H,2-6,10-12,20H2,1H3. The summed E-state index contributed by atoms with van der Waals surface area (Å²) in [5.74, 6) is 1.55. The molecule has 2 N–H and O–H groups in total. The molecular weight excluding hydrogens is 263 g/mol. The van der Waals surface area contributed by atoms with Crippen molar-refractivity contribution >= 4 is 5.69 Å². The fourth-order valence-corrected chi connectivity index (χ4v) is 2.95. The van der Waals surface area contributed by atoms with Gasteiger partial charge in [0.05, 0.1) is 0 Å². The fraction of sp³-hybridized carbons (Fsp3) is 0.667. The molecule has 2 nitrogen and oxygen atoms in total. The average molecular weight is 290 g/mol. The zero-order valence-electron chi connectivity index (χ0n) is 13.0. The molecule has 0 bridgehead atoms. The molecular formula is C18H27FN2. The lowest BCUT2D eigenvalue weighted by Crippen LogP contribution is -2.30. The SMILES string of the molecule is CCC(N)Cc1cc(F)ccc1N(CC1CC1)CC1CC1. The van der Waals surface area contributed by atoms with Crippen LogP contribution >= 0.6 is 0 Å². The third-order valence-corrected chi connectivity index (χ3v) is 4.74. The Hall–Kier alpha value is -1.09. The zero-order valence-corrected chi connectivity index (χ0v) is 13.0. The van der Waals surface area contributed by atoms with Crippen LogP contribution in [0.3, 0.4) is 0 Å². The van der Waals surface area contributed by atoms with Gasteiger partial charge in [0.2, 0.25) is 0 Å². The smallest absolute Gasteiger partial charge is 0.123 e. The van der Waals surface area contributed by atoms with Crippen molar-refractivity contribution in [3.63, 3.8) is 0 Å². The van der Waals surface area contributed by atoms with Crippen LogP contribution in [-0.4, -0.2) is 19.1 Å². The largest absolute Gasteiger partial charge is 0.371 e. The molecule has 0 spiro atoms. The van der Waals surface area contributed by atoms with Gasteiger partial charge in [-0.3, -0.25) is 0 Å². The monoisotopic (exact) mass is 290 g/mol. The Morgan fingerprint density at radius 2 is 1.81 bits per heavy atom. The van der Waals surface area contributed by atoms with Crippen molar-refractivity contribution in [2.24, 2.45) is 17.6 Å². The van der Waals surface area contributed by atoms with Gasteiger partial charge in [-0.15, -0.1) is 0 Å². The van der Waals surface area contributed by atoms with Gasteiger partial charge in [-0.1, -0.05) is 6.92 Å². The Morgan fingerprint density at radius 1 is 1.19 bits per heavy atom. The molecule has 2 aliphatic carbocycles. The maximum atomic E-state index is 13.7. The van der Waals surface area contributed by atoms with Crippen LogP contribution in [0.5, 0.6) is 0 Å². The van der Waals surface area contributed by atoms with Crippen LogP contribution < -0.4 is 10.6 Å². The molecule has 1 unspecified atom stereocenters. The van der Waals surface area contributed by atoms with Crippen LogP contribution in [0.1, 0.15) is 44.6 Å². The molecule has 116 valence electrons. The minimum atomic E-state index is -0.144. The summed E-state index contributed by atoms with van der Waals surface area (Å²) in [5, 5.41) is 0. The Bertz CT molecular complexity index is 466. The predicted octanol–water partition coefficient (Wildman–Crippen LogP) is 3.73. The fourth-order valence-electron chi connectivity index (χ4n) is 2.95. The number of halogens is 1. The first-order valence-corrected chi connectivity index (χ1v) is 8.44. The second-order valence-corrected chi connectivity index (χ2v) is 6.94. The first kappa shape index (κ1) is 14.8. The molecule has 2 saturated carbocycles. The number of hydrogen-bond acceptors (Lipinski definition) is 2. The quantitative estimate of drug-likeness (QED) is 0.790. The summed E-state index contributed by atoms with van der Waals surface area (Å²) < 4.78 is 13.7. The lowest BCUT2D eigenvalue weighted by molar-refractivity contribution is 0.609. The van der Waals surface area contributed by atoms with Gasteiger partial charge in [0.1, 0.15) is 5.82 Å². The molecule has 1 aromatic carbocycles. The van der Waals surface area contributed by atoms with Crippen LogP contribution in [0, 0.1) is 17.7 Å². The van der Waals surface area contributed by atoms with E-state index in [1.54, 1.807) is 12.1 Å². The normalized spacial score (nSPS) is 19.6. The topological polar surface area (TPSA) is 29.3 Å². The van der Waals surface area contributed by atoms with E-state index in [2.05, 4.69) is 11.8 Å². The molecule has 0 aliphatic heterocycles. The predicted molar refractivity (Wildman–Crippen MR) is 86.0 cm³/mol. The molecule has 2 fully saturated rings. The van der Waals surface area contributed by atoms with E-state index in [0.717, 1.165) is 43.3 Å². The molecule has 0 amide bonds. The molecule has 1 aromatic rings. The summed E-state index contributed by atoms with van der Waals surface area (Å²) in [4.78, 5) is 2.51. The van der Waals surface area contributed by atoms with Gasteiger partial charge in [0, 0.05) is 24.8 Å².